The largest absolute Gasteiger partial charge is 0.392 e. The lowest BCUT2D eigenvalue weighted by atomic mass is 9.91. The number of imide groups is 1. The van der Waals surface area contributed by atoms with Crippen LogP contribution in [0.5, 0.6) is 0 Å². The normalized spacial score (nSPS) is 20.1. The van der Waals surface area contributed by atoms with E-state index in [2.05, 4.69) is 5.32 Å². The van der Waals surface area contributed by atoms with Crippen molar-refractivity contribution in [2.75, 3.05) is 0 Å². The van der Waals surface area contributed by atoms with Gasteiger partial charge in [0.1, 0.15) is 17.2 Å². The molecule has 0 radical (unpaired) electrons. The Morgan fingerprint density at radius 1 is 1.04 bits per heavy atom. The van der Waals surface area contributed by atoms with Crippen LogP contribution in [0.1, 0.15) is 23.6 Å². The van der Waals surface area contributed by atoms with Crippen molar-refractivity contribution in [2.45, 2.75) is 25.6 Å². The standard InChI is InChI=1S/C18H16F2N2O3/c1-18(13-6-14(19)8-15(20)7-13)16(24)22(17(25)21-18)9-11-2-4-12(10-23)5-3-11/h2-8,23H,9-10H2,1H3,(H,21,25). The van der Waals surface area contributed by atoms with Gasteiger partial charge in [-0.3, -0.25) is 9.69 Å². The summed E-state index contributed by atoms with van der Waals surface area (Å²) in [6.07, 6.45) is 0. The third kappa shape index (κ3) is 3.10. The Morgan fingerprint density at radius 3 is 2.16 bits per heavy atom. The zero-order valence-corrected chi connectivity index (χ0v) is 13.4. The van der Waals surface area contributed by atoms with E-state index in [4.69, 9.17) is 5.11 Å². The molecule has 7 heteroatoms. The highest BCUT2D eigenvalue weighted by Crippen LogP contribution is 2.30. The maximum atomic E-state index is 13.5. The van der Waals surface area contributed by atoms with Crippen LogP contribution >= 0.6 is 0 Å². The summed E-state index contributed by atoms with van der Waals surface area (Å²) < 4.78 is 27.0. The smallest absolute Gasteiger partial charge is 0.325 e. The van der Waals surface area contributed by atoms with Crippen molar-refractivity contribution in [3.63, 3.8) is 0 Å². The molecular formula is C18H16F2N2O3. The summed E-state index contributed by atoms with van der Waals surface area (Å²) in [6.45, 7) is 1.33. The summed E-state index contributed by atoms with van der Waals surface area (Å²) in [5, 5.41) is 11.6. The van der Waals surface area contributed by atoms with Crippen LogP contribution in [0.4, 0.5) is 13.6 Å². The Bertz CT molecular complexity index is 818. The first-order chi connectivity index (χ1) is 11.8. The lowest BCUT2D eigenvalue weighted by Gasteiger charge is -2.22. The molecule has 1 atom stereocenters. The van der Waals surface area contributed by atoms with E-state index in [1.165, 1.54) is 6.92 Å². The van der Waals surface area contributed by atoms with Gasteiger partial charge in [0, 0.05) is 6.07 Å². The lowest BCUT2D eigenvalue weighted by Crippen LogP contribution is -2.41. The molecule has 5 nitrogen and oxygen atoms in total. The van der Waals surface area contributed by atoms with Gasteiger partial charge in [-0.1, -0.05) is 24.3 Å². The molecule has 0 aliphatic carbocycles. The fourth-order valence-corrected chi connectivity index (χ4v) is 2.81. The van der Waals surface area contributed by atoms with Crippen molar-refractivity contribution in [3.05, 3.63) is 70.8 Å². The number of hydrogen-bond donors (Lipinski definition) is 2. The number of nitrogens with zero attached hydrogens (tertiary/aromatic N) is 1. The Hall–Kier alpha value is -2.80. The van der Waals surface area contributed by atoms with Crippen molar-refractivity contribution >= 4 is 11.9 Å². The molecule has 130 valence electrons. The van der Waals surface area contributed by atoms with E-state index >= 15 is 0 Å². The Labute approximate surface area is 142 Å². The second kappa shape index (κ2) is 6.25. The summed E-state index contributed by atoms with van der Waals surface area (Å²) in [5.74, 6) is -2.23. The second-order valence-electron chi connectivity index (χ2n) is 6.08. The molecule has 3 amide bonds. The molecule has 1 saturated heterocycles. The number of amides is 3. The minimum Gasteiger partial charge on any atom is -0.392 e. The van der Waals surface area contributed by atoms with Crippen molar-refractivity contribution in [1.82, 2.24) is 10.2 Å². The fraction of sp³-hybridized carbons (Fsp3) is 0.222. The van der Waals surface area contributed by atoms with Gasteiger partial charge in [0.05, 0.1) is 13.2 Å². The summed E-state index contributed by atoms with van der Waals surface area (Å²) in [7, 11) is 0. The van der Waals surface area contributed by atoms with Gasteiger partial charge in [-0.25, -0.2) is 13.6 Å². The molecule has 1 aliphatic rings. The molecule has 1 unspecified atom stereocenters. The third-order valence-corrected chi connectivity index (χ3v) is 4.26. The van der Waals surface area contributed by atoms with E-state index in [1.54, 1.807) is 24.3 Å². The number of aliphatic hydroxyl groups excluding tert-OH is 1. The van der Waals surface area contributed by atoms with Crippen molar-refractivity contribution < 1.29 is 23.5 Å². The van der Waals surface area contributed by atoms with E-state index in [0.717, 1.165) is 17.0 Å². The first kappa shape index (κ1) is 17.0. The number of halogens is 2. The molecule has 25 heavy (non-hydrogen) atoms. The summed E-state index contributed by atoms with van der Waals surface area (Å²) >= 11 is 0. The molecule has 0 aromatic heterocycles. The van der Waals surface area contributed by atoms with Crippen molar-refractivity contribution in [3.8, 4) is 0 Å². The summed E-state index contributed by atoms with van der Waals surface area (Å²) in [5.41, 5.74) is -0.0942. The molecule has 1 heterocycles. The highest BCUT2D eigenvalue weighted by Gasteiger charge is 2.49. The number of carbonyl (C=O) groups excluding carboxylic acids is 2. The molecule has 2 aromatic carbocycles. The molecule has 2 N–H and O–H groups in total. The van der Waals surface area contributed by atoms with Crippen LogP contribution in [-0.2, 0) is 23.5 Å². The van der Waals surface area contributed by atoms with Gasteiger partial charge in [0.25, 0.3) is 5.91 Å². The maximum absolute atomic E-state index is 13.5. The van der Waals surface area contributed by atoms with Crippen LogP contribution in [0.15, 0.2) is 42.5 Å². The van der Waals surface area contributed by atoms with Gasteiger partial charge in [-0.15, -0.1) is 0 Å². The Kier molecular flexibility index (Phi) is 4.26. The van der Waals surface area contributed by atoms with Crippen LogP contribution in [0.25, 0.3) is 0 Å². The van der Waals surface area contributed by atoms with Gasteiger partial charge in [-0.05, 0) is 35.7 Å². The van der Waals surface area contributed by atoms with Crippen LogP contribution < -0.4 is 5.32 Å². The first-order valence-corrected chi connectivity index (χ1v) is 7.63. The van der Waals surface area contributed by atoms with Crippen LogP contribution in [0.2, 0.25) is 0 Å². The molecule has 0 spiro atoms. The van der Waals surface area contributed by atoms with Crippen LogP contribution in [-0.4, -0.2) is 21.9 Å². The van der Waals surface area contributed by atoms with E-state index < -0.39 is 29.1 Å². The quantitative estimate of drug-likeness (QED) is 0.836. The minimum absolute atomic E-state index is 0.0176. The number of hydrogen-bond acceptors (Lipinski definition) is 3. The van der Waals surface area contributed by atoms with Crippen molar-refractivity contribution in [2.24, 2.45) is 0 Å². The average Bonchev–Trinajstić information content (AvgIpc) is 2.79. The zero-order chi connectivity index (χ0) is 18.2. The zero-order valence-electron chi connectivity index (χ0n) is 13.4. The third-order valence-electron chi connectivity index (χ3n) is 4.26. The molecule has 0 saturated carbocycles. The topological polar surface area (TPSA) is 69.6 Å². The van der Waals surface area contributed by atoms with Crippen molar-refractivity contribution in [1.29, 1.82) is 0 Å². The van der Waals surface area contributed by atoms with E-state index in [1.807, 2.05) is 0 Å². The van der Waals surface area contributed by atoms with E-state index in [-0.39, 0.29) is 18.7 Å². The molecule has 3 rings (SSSR count). The highest BCUT2D eigenvalue weighted by molar-refractivity contribution is 6.07. The number of nitrogens with one attached hydrogen (secondary N) is 1. The second-order valence-corrected chi connectivity index (χ2v) is 6.08. The number of rotatable bonds is 4. The van der Waals surface area contributed by atoms with E-state index in [0.29, 0.717) is 17.2 Å². The number of carbonyl (C=O) groups is 2. The van der Waals surface area contributed by atoms with Crippen LogP contribution in [0, 0.1) is 11.6 Å². The fourth-order valence-electron chi connectivity index (χ4n) is 2.81. The highest BCUT2D eigenvalue weighted by atomic mass is 19.1. The summed E-state index contributed by atoms with van der Waals surface area (Å²) in [4.78, 5) is 26.0. The molecular weight excluding hydrogens is 330 g/mol. The molecule has 2 aromatic rings. The van der Waals surface area contributed by atoms with Gasteiger partial charge >= 0.3 is 6.03 Å². The van der Waals surface area contributed by atoms with Gasteiger partial charge in [-0.2, -0.15) is 0 Å². The average molecular weight is 346 g/mol. The maximum Gasteiger partial charge on any atom is 0.325 e. The monoisotopic (exact) mass is 346 g/mol. The van der Waals surface area contributed by atoms with Crippen LogP contribution in [0.3, 0.4) is 0 Å². The Morgan fingerprint density at radius 2 is 1.60 bits per heavy atom. The molecule has 0 bridgehead atoms. The van der Waals surface area contributed by atoms with E-state index in [9.17, 15) is 18.4 Å². The molecule has 1 fully saturated rings. The minimum atomic E-state index is -1.54. The molecule has 1 aliphatic heterocycles. The number of aliphatic hydroxyl groups is 1. The van der Waals surface area contributed by atoms with Gasteiger partial charge in [0.2, 0.25) is 0 Å². The predicted octanol–water partition coefficient (Wildman–Crippen LogP) is 2.42. The number of benzene rings is 2. The van der Waals surface area contributed by atoms with Gasteiger partial charge in [0.15, 0.2) is 0 Å². The predicted molar refractivity (Wildman–Crippen MR) is 85.2 cm³/mol. The Balaban J connectivity index is 1.88. The SMILES string of the molecule is CC1(c2cc(F)cc(F)c2)NC(=O)N(Cc2ccc(CO)cc2)C1=O. The first-order valence-electron chi connectivity index (χ1n) is 7.63. The number of urea groups is 1. The lowest BCUT2D eigenvalue weighted by molar-refractivity contribution is -0.131. The van der Waals surface area contributed by atoms with Gasteiger partial charge < -0.3 is 10.4 Å². The summed E-state index contributed by atoms with van der Waals surface area (Å²) in [6, 6.07) is 8.90.